The largest absolute Gasteiger partial charge is 0.349 e. The molecule has 1 fully saturated rings. The molecule has 1 heterocycles. The first-order valence-electron chi connectivity index (χ1n) is 6.50. The first kappa shape index (κ1) is 15.3. The Morgan fingerprint density at radius 3 is 2.40 bits per heavy atom. The van der Waals surface area contributed by atoms with Gasteiger partial charge in [-0.3, -0.25) is 9.59 Å². The number of benzene rings is 1. The number of nitrogens with zero attached hydrogens (tertiary/aromatic N) is 1. The molecule has 20 heavy (non-hydrogen) atoms. The predicted octanol–water partition coefficient (Wildman–Crippen LogP) is 2.41. The molecule has 0 saturated carbocycles. The molecule has 4 nitrogen and oxygen atoms in total. The fourth-order valence-corrected chi connectivity index (χ4v) is 2.66. The van der Waals surface area contributed by atoms with Gasteiger partial charge in [0.2, 0.25) is 5.91 Å². The summed E-state index contributed by atoms with van der Waals surface area (Å²) in [6.45, 7) is 1.30. The second kappa shape index (κ2) is 7.09. The van der Waals surface area contributed by atoms with E-state index >= 15 is 0 Å². The van der Waals surface area contributed by atoms with Gasteiger partial charge in [0, 0.05) is 29.2 Å². The van der Waals surface area contributed by atoms with E-state index in [1.54, 1.807) is 17.0 Å². The van der Waals surface area contributed by atoms with Crippen molar-refractivity contribution in [2.24, 2.45) is 0 Å². The van der Waals surface area contributed by atoms with Gasteiger partial charge in [0.1, 0.15) is 5.88 Å². The zero-order chi connectivity index (χ0) is 14.5. The smallest absolute Gasteiger partial charge is 0.251 e. The highest BCUT2D eigenvalue weighted by Gasteiger charge is 2.23. The molecule has 6 heteroatoms. The molecule has 1 N–H and O–H groups in total. The van der Waals surface area contributed by atoms with Crippen molar-refractivity contribution in [3.05, 3.63) is 34.3 Å². The number of alkyl halides is 1. The van der Waals surface area contributed by atoms with E-state index in [-0.39, 0.29) is 23.7 Å². The van der Waals surface area contributed by atoms with Gasteiger partial charge >= 0.3 is 0 Å². The molecule has 0 radical (unpaired) electrons. The van der Waals surface area contributed by atoms with Crippen molar-refractivity contribution in [1.82, 2.24) is 10.2 Å². The van der Waals surface area contributed by atoms with Gasteiger partial charge < -0.3 is 10.2 Å². The average Bonchev–Trinajstić information content (AvgIpc) is 2.48. The lowest BCUT2D eigenvalue weighted by molar-refractivity contribution is -0.129. The Labute approximate surface area is 131 Å². The van der Waals surface area contributed by atoms with Crippen LogP contribution in [0.3, 0.4) is 0 Å². The maximum Gasteiger partial charge on any atom is 0.251 e. The van der Waals surface area contributed by atoms with Crippen LogP contribution in [0.2, 0.25) is 0 Å². The van der Waals surface area contributed by atoms with Crippen LogP contribution in [-0.2, 0) is 4.79 Å². The molecule has 1 saturated heterocycles. The van der Waals surface area contributed by atoms with Gasteiger partial charge in [-0.2, -0.15) is 0 Å². The number of nitrogens with one attached hydrogen (secondary N) is 1. The predicted molar refractivity (Wildman–Crippen MR) is 81.9 cm³/mol. The number of likely N-dealkylation sites (tertiary alicyclic amines) is 1. The van der Waals surface area contributed by atoms with Crippen LogP contribution in [0, 0.1) is 0 Å². The summed E-state index contributed by atoms with van der Waals surface area (Å²) in [5, 5.41) is 3.01. The third-order valence-corrected chi connectivity index (χ3v) is 4.16. The van der Waals surface area contributed by atoms with E-state index in [1.165, 1.54) is 0 Å². The van der Waals surface area contributed by atoms with Crippen molar-refractivity contribution >= 4 is 39.3 Å². The van der Waals surface area contributed by atoms with Gasteiger partial charge in [-0.15, -0.1) is 11.6 Å². The molecule has 0 bridgehead atoms. The summed E-state index contributed by atoms with van der Waals surface area (Å²) in [4.78, 5) is 25.3. The molecule has 0 atom stereocenters. The molecule has 1 aliphatic heterocycles. The van der Waals surface area contributed by atoms with Crippen molar-refractivity contribution < 1.29 is 9.59 Å². The molecule has 0 spiro atoms. The van der Waals surface area contributed by atoms with E-state index in [4.69, 9.17) is 11.6 Å². The van der Waals surface area contributed by atoms with Crippen LogP contribution in [0.1, 0.15) is 23.2 Å². The van der Waals surface area contributed by atoms with Gasteiger partial charge in [-0.25, -0.2) is 0 Å². The van der Waals surface area contributed by atoms with Crippen molar-refractivity contribution in [1.29, 1.82) is 0 Å². The SMILES string of the molecule is O=C(NC1CCN(C(=O)CCl)CC1)c1ccc(Br)cc1. The highest BCUT2D eigenvalue weighted by molar-refractivity contribution is 9.10. The van der Waals surface area contributed by atoms with Crippen LogP contribution in [0.4, 0.5) is 0 Å². The number of halogens is 2. The highest BCUT2D eigenvalue weighted by Crippen LogP contribution is 2.13. The third kappa shape index (κ3) is 3.96. The second-order valence-corrected chi connectivity index (χ2v) is 5.95. The highest BCUT2D eigenvalue weighted by atomic mass is 79.9. The number of carbonyl (C=O) groups excluding carboxylic acids is 2. The number of rotatable bonds is 3. The normalized spacial score (nSPS) is 16.0. The number of amides is 2. The van der Waals surface area contributed by atoms with Crippen molar-refractivity contribution in [2.45, 2.75) is 18.9 Å². The minimum absolute atomic E-state index is 0.0237. The van der Waals surface area contributed by atoms with E-state index in [0.717, 1.165) is 17.3 Å². The zero-order valence-corrected chi connectivity index (χ0v) is 13.3. The summed E-state index contributed by atoms with van der Waals surface area (Å²) < 4.78 is 0.946. The van der Waals surface area contributed by atoms with Gasteiger partial charge in [0.05, 0.1) is 0 Å². The van der Waals surface area contributed by atoms with Crippen molar-refractivity contribution in [3.63, 3.8) is 0 Å². The van der Waals surface area contributed by atoms with Crippen LogP contribution in [-0.4, -0.2) is 41.7 Å². The van der Waals surface area contributed by atoms with Gasteiger partial charge in [-0.1, -0.05) is 15.9 Å². The first-order valence-corrected chi connectivity index (χ1v) is 7.83. The fraction of sp³-hybridized carbons (Fsp3) is 0.429. The molecule has 0 aromatic heterocycles. The molecular formula is C14H16BrClN2O2. The third-order valence-electron chi connectivity index (χ3n) is 3.40. The molecule has 2 amide bonds. The molecule has 108 valence electrons. The average molecular weight is 360 g/mol. The lowest BCUT2D eigenvalue weighted by Gasteiger charge is -2.32. The number of hydrogen-bond donors (Lipinski definition) is 1. The molecule has 0 unspecified atom stereocenters. The molecule has 1 aromatic rings. The van der Waals surface area contributed by atoms with Crippen LogP contribution in [0.15, 0.2) is 28.7 Å². The molecule has 0 aliphatic carbocycles. The molecular weight excluding hydrogens is 344 g/mol. The number of hydrogen-bond acceptors (Lipinski definition) is 2. The maximum absolute atomic E-state index is 12.1. The quantitative estimate of drug-likeness (QED) is 0.843. The van der Waals surface area contributed by atoms with E-state index in [1.807, 2.05) is 12.1 Å². The van der Waals surface area contributed by atoms with Gasteiger partial charge in [-0.05, 0) is 37.1 Å². The van der Waals surface area contributed by atoms with Crippen LogP contribution in [0.5, 0.6) is 0 Å². The Bertz CT molecular complexity index is 484. The molecule has 1 aromatic carbocycles. The number of carbonyl (C=O) groups is 2. The Morgan fingerprint density at radius 1 is 1.25 bits per heavy atom. The first-order chi connectivity index (χ1) is 9.60. The van der Waals surface area contributed by atoms with Crippen LogP contribution in [0.25, 0.3) is 0 Å². The topological polar surface area (TPSA) is 49.4 Å². The Kier molecular flexibility index (Phi) is 5.43. The minimum Gasteiger partial charge on any atom is -0.349 e. The maximum atomic E-state index is 12.1. The summed E-state index contributed by atoms with van der Waals surface area (Å²) in [6.07, 6.45) is 1.54. The van der Waals surface area contributed by atoms with Crippen LogP contribution < -0.4 is 5.32 Å². The summed E-state index contributed by atoms with van der Waals surface area (Å²) in [7, 11) is 0. The Hall–Kier alpha value is -1.07. The van der Waals surface area contributed by atoms with E-state index < -0.39 is 0 Å². The van der Waals surface area contributed by atoms with Gasteiger partial charge in [0.15, 0.2) is 0 Å². The van der Waals surface area contributed by atoms with Crippen molar-refractivity contribution in [3.8, 4) is 0 Å². The summed E-state index contributed by atoms with van der Waals surface area (Å²) in [6, 6.07) is 7.37. The zero-order valence-electron chi connectivity index (χ0n) is 10.9. The van der Waals surface area contributed by atoms with E-state index in [2.05, 4.69) is 21.2 Å². The Balaban J connectivity index is 1.85. The minimum atomic E-state index is -0.0698. The second-order valence-electron chi connectivity index (χ2n) is 4.77. The summed E-state index contributed by atoms with van der Waals surface area (Å²) in [5.74, 6) is -0.0837. The van der Waals surface area contributed by atoms with E-state index in [0.29, 0.717) is 18.7 Å². The standard InChI is InChI=1S/C14H16BrClN2O2/c15-11-3-1-10(2-4-11)14(20)17-12-5-7-18(8-6-12)13(19)9-16/h1-4,12H,5-9H2,(H,17,20). The summed E-state index contributed by atoms with van der Waals surface area (Å²) in [5.41, 5.74) is 0.646. The molecule has 1 aliphatic rings. The van der Waals surface area contributed by atoms with Crippen molar-refractivity contribution in [2.75, 3.05) is 19.0 Å². The summed E-state index contributed by atoms with van der Waals surface area (Å²) >= 11 is 8.87. The van der Waals surface area contributed by atoms with E-state index in [9.17, 15) is 9.59 Å². The number of piperidine rings is 1. The lowest BCUT2D eigenvalue weighted by Crippen LogP contribution is -2.46. The Morgan fingerprint density at radius 2 is 1.85 bits per heavy atom. The lowest BCUT2D eigenvalue weighted by atomic mass is 10.0. The van der Waals surface area contributed by atoms with Crippen LogP contribution >= 0.6 is 27.5 Å². The molecule has 2 rings (SSSR count). The van der Waals surface area contributed by atoms with Gasteiger partial charge in [0.25, 0.3) is 5.91 Å². The fourth-order valence-electron chi connectivity index (χ4n) is 2.23. The monoisotopic (exact) mass is 358 g/mol.